The van der Waals surface area contributed by atoms with Crippen LogP contribution >= 0.6 is 23.2 Å². The van der Waals surface area contributed by atoms with Crippen molar-refractivity contribution in [3.63, 3.8) is 0 Å². The lowest BCUT2D eigenvalue weighted by Crippen LogP contribution is -2.29. The molecule has 0 radical (unpaired) electrons. The summed E-state index contributed by atoms with van der Waals surface area (Å²) in [6.45, 7) is 0. The summed E-state index contributed by atoms with van der Waals surface area (Å²) in [6.07, 6.45) is -3.87. The van der Waals surface area contributed by atoms with Crippen molar-refractivity contribution in [1.29, 1.82) is 5.26 Å². The molecule has 0 bridgehead atoms. The molecule has 2 aromatic carbocycles. The lowest BCUT2D eigenvalue weighted by Gasteiger charge is -2.13. The fourth-order valence-corrected chi connectivity index (χ4v) is 3.21. The van der Waals surface area contributed by atoms with Crippen molar-refractivity contribution < 1.29 is 18.0 Å². The highest BCUT2D eigenvalue weighted by atomic mass is 35.5. The van der Waals surface area contributed by atoms with E-state index >= 15 is 0 Å². The molecule has 1 aliphatic rings. The second kappa shape index (κ2) is 7.41. The Morgan fingerprint density at radius 2 is 1.81 bits per heavy atom. The molecule has 1 N–H and O–H groups in total. The Morgan fingerprint density at radius 1 is 1.15 bits per heavy atom. The number of nitrogens with zero attached hydrogens (tertiary/aromatic N) is 1. The first-order chi connectivity index (χ1) is 12.7. The van der Waals surface area contributed by atoms with Crippen LogP contribution in [0.25, 0.3) is 0 Å². The Hall–Kier alpha value is -2.23. The number of carbonyl (C=O) groups is 1. The fraction of sp³-hybridized carbons (Fsp3) is 0.263. The minimum atomic E-state index is -4.39. The zero-order valence-corrected chi connectivity index (χ0v) is 15.2. The largest absolute Gasteiger partial charge is 0.416 e. The molecule has 0 spiro atoms. The SMILES string of the molecule is N#CC(NC(=O)C1CC1c1ccc(C(F)(F)F)cc1)c1ccc(Cl)c(Cl)c1. The average molecular weight is 413 g/mol. The van der Waals surface area contributed by atoms with Gasteiger partial charge in [0.15, 0.2) is 0 Å². The van der Waals surface area contributed by atoms with Crippen molar-refractivity contribution in [2.24, 2.45) is 5.92 Å². The second-order valence-electron chi connectivity index (χ2n) is 6.31. The molecule has 2 aromatic rings. The highest BCUT2D eigenvalue weighted by Crippen LogP contribution is 2.48. The summed E-state index contributed by atoms with van der Waals surface area (Å²) in [4.78, 5) is 12.4. The summed E-state index contributed by atoms with van der Waals surface area (Å²) in [5.74, 6) is -0.849. The lowest BCUT2D eigenvalue weighted by molar-refractivity contribution is -0.137. The maximum absolute atomic E-state index is 12.6. The van der Waals surface area contributed by atoms with Gasteiger partial charge in [0.25, 0.3) is 0 Å². The van der Waals surface area contributed by atoms with Crippen LogP contribution in [0.1, 0.15) is 35.1 Å². The molecule has 0 saturated heterocycles. The van der Waals surface area contributed by atoms with Gasteiger partial charge < -0.3 is 5.32 Å². The van der Waals surface area contributed by atoms with Crippen LogP contribution in [0.2, 0.25) is 10.0 Å². The minimum absolute atomic E-state index is 0.152. The molecule has 1 saturated carbocycles. The number of rotatable bonds is 4. The van der Waals surface area contributed by atoms with E-state index in [1.165, 1.54) is 24.3 Å². The molecule has 3 nitrogen and oxygen atoms in total. The van der Waals surface area contributed by atoms with Crippen LogP contribution < -0.4 is 5.32 Å². The number of alkyl halides is 3. The summed E-state index contributed by atoms with van der Waals surface area (Å²) in [5, 5.41) is 12.6. The number of amides is 1. The van der Waals surface area contributed by atoms with Gasteiger partial charge in [0.1, 0.15) is 6.04 Å². The molecule has 1 aliphatic carbocycles. The standard InChI is InChI=1S/C19H13Cl2F3N2O/c20-15-6-3-11(7-16(15)21)17(9-25)26-18(27)14-8-13(14)10-1-4-12(5-2-10)19(22,23)24/h1-7,13-14,17H,8H2,(H,26,27). The molecule has 0 aliphatic heterocycles. The number of carbonyl (C=O) groups excluding carboxylic acids is 1. The van der Waals surface area contributed by atoms with Crippen LogP contribution in [0.4, 0.5) is 13.2 Å². The van der Waals surface area contributed by atoms with Gasteiger partial charge in [0.05, 0.1) is 21.7 Å². The molecule has 1 fully saturated rings. The maximum atomic E-state index is 12.6. The normalized spacial score (nSPS) is 19.9. The predicted molar refractivity (Wildman–Crippen MR) is 95.3 cm³/mol. The Bertz CT molecular complexity index is 907. The van der Waals surface area contributed by atoms with E-state index in [9.17, 15) is 23.2 Å². The third kappa shape index (κ3) is 4.37. The van der Waals surface area contributed by atoms with Gasteiger partial charge in [-0.2, -0.15) is 18.4 Å². The maximum Gasteiger partial charge on any atom is 0.416 e. The summed E-state index contributed by atoms with van der Waals surface area (Å²) in [5.41, 5.74) is 0.454. The van der Waals surface area contributed by atoms with E-state index < -0.39 is 17.8 Å². The van der Waals surface area contributed by atoms with Gasteiger partial charge in [-0.3, -0.25) is 4.79 Å². The Morgan fingerprint density at radius 3 is 2.37 bits per heavy atom. The van der Waals surface area contributed by atoms with Crippen molar-refractivity contribution >= 4 is 29.1 Å². The van der Waals surface area contributed by atoms with Crippen LogP contribution in [-0.4, -0.2) is 5.91 Å². The van der Waals surface area contributed by atoms with Crippen LogP contribution in [0, 0.1) is 17.2 Å². The molecule has 140 valence electrons. The van der Waals surface area contributed by atoms with Crippen molar-refractivity contribution in [2.75, 3.05) is 0 Å². The third-order valence-electron chi connectivity index (χ3n) is 4.49. The predicted octanol–water partition coefficient (Wildman–Crippen LogP) is 5.50. The van der Waals surface area contributed by atoms with Gasteiger partial charge in [-0.25, -0.2) is 0 Å². The van der Waals surface area contributed by atoms with Gasteiger partial charge >= 0.3 is 6.18 Å². The summed E-state index contributed by atoms with van der Waals surface area (Å²) in [6, 6.07) is 10.6. The topological polar surface area (TPSA) is 52.9 Å². The monoisotopic (exact) mass is 412 g/mol. The summed E-state index contributed by atoms with van der Waals surface area (Å²) < 4.78 is 37.9. The minimum Gasteiger partial charge on any atom is -0.336 e. The molecule has 0 heterocycles. The number of nitrogens with one attached hydrogen (secondary N) is 1. The van der Waals surface area contributed by atoms with E-state index in [2.05, 4.69) is 5.32 Å². The summed E-state index contributed by atoms with van der Waals surface area (Å²) >= 11 is 11.8. The first-order valence-corrected chi connectivity index (χ1v) is 8.78. The van der Waals surface area contributed by atoms with Gasteiger partial charge in [0.2, 0.25) is 5.91 Å². The van der Waals surface area contributed by atoms with Gasteiger partial charge in [0, 0.05) is 5.92 Å². The van der Waals surface area contributed by atoms with Crippen molar-refractivity contribution in [2.45, 2.75) is 24.6 Å². The van der Waals surface area contributed by atoms with Crippen LogP contribution in [0.15, 0.2) is 42.5 Å². The van der Waals surface area contributed by atoms with Gasteiger partial charge in [-0.05, 0) is 47.7 Å². The van der Waals surface area contributed by atoms with Crippen molar-refractivity contribution in [3.05, 3.63) is 69.2 Å². The highest BCUT2D eigenvalue weighted by molar-refractivity contribution is 6.42. The molecule has 3 atom stereocenters. The van der Waals surface area contributed by atoms with Crippen LogP contribution in [0.3, 0.4) is 0 Å². The van der Waals surface area contributed by atoms with Gasteiger partial charge in [-0.15, -0.1) is 0 Å². The average Bonchev–Trinajstić information content (AvgIpc) is 3.42. The molecule has 3 unspecified atom stereocenters. The van der Waals surface area contributed by atoms with Crippen LogP contribution in [0.5, 0.6) is 0 Å². The number of nitriles is 1. The Labute approximate surface area is 163 Å². The zero-order chi connectivity index (χ0) is 19.8. The summed E-state index contributed by atoms with van der Waals surface area (Å²) in [7, 11) is 0. The Balaban J connectivity index is 1.65. The number of halogens is 5. The zero-order valence-electron chi connectivity index (χ0n) is 13.7. The molecular formula is C19H13Cl2F3N2O. The fourth-order valence-electron chi connectivity index (χ4n) is 2.90. The molecule has 1 amide bonds. The van der Waals surface area contributed by atoms with Gasteiger partial charge in [-0.1, -0.05) is 41.4 Å². The van der Waals surface area contributed by atoms with E-state index in [1.807, 2.05) is 6.07 Å². The second-order valence-corrected chi connectivity index (χ2v) is 7.13. The first-order valence-electron chi connectivity index (χ1n) is 8.03. The molecule has 3 rings (SSSR count). The van der Waals surface area contributed by atoms with E-state index in [1.54, 1.807) is 6.07 Å². The first kappa shape index (κ1) is 19.5. The van der Waals surface area contributed by atoms with E-state index in [0.29, 0.717) is 22.6 Å². The number of hydrogen-bond donors (Lipinski definition) is 1. The number of benzene rings is 2. The smallest absolute Gasteiger partial charge is 0.336 e. The molecule has 0 aromatic heterocycles. The number of hydrogen-bond acceptors (Lipinski definition) is 2. The van der Waals surface area contributed by atoms with E-state index in [-0.39, 0.29) is 22.8 Å². The van der Waals surface area contributed by atoms with Crippen molar-refractivity contribution in [1.82, 2.24) is 5.32 Å². The third-order valence-corrected chi connectivity index (χ3v) is 5.23. The van der Waals surface area contributed by atoms with E-state index in [4.69, 9.17) is 23.2 Å². The quantitative estimate of drug-likeness (QED) is 0.720. The highest BCUT2D eigenvalue weighted by Gasteiger charge is 2.44. The lowest BCUT2D eigenvalue weighted by atomic mass is 10.1. The van der Waals surface area contributed by atoms with Crippen molar-refractivity contribution in [3.8, 4) is 6.07 Å². The Kier molecular flexibility index (Phi) is 5.36. The molecular weight excluding hydrogens is 400 g/mol. The molecule has 8 heteroatoms. The molecule has 27 heavy (non-hydrogen) atoms. The van der Waals surface area contributed by atoms with E-state index in [0.717, 1.165) is 12.1 Å². The van der Waals surface area contributed by atoms with Crippen LogP contribution in [-0.2, 0) is 11.0 Å².